The van der Waals surface area contributed by atoms with Gasteiger partial charge in [-0.25, -0.2) is 4.98 Å². The molecule has 0 N–H and O–H groups in total. The number of rotatable bonds is 5. The number of hydrogen-bond donors (Lipinski definition) is 0. The van der Waals surface area contributed by atoms with Gasteiger partial charge in [-0.05, 0) is 18.6 Å². The van der Waals surface area contributed by atoms with Gasteiger partial charge in [0.05, 0.1) is 11.9 Å². The van der Waals surface area contributed by atoms with Gasteiger partial charge in [0, 0.05) is 30.9 Å². The lowest BCUT2D eigenvalue weighted by molar-refractivity contribution is -0.137. The van der Waals surface area contributed by atoms with E-state index in [9.17, 15) is 18.0 Å². The van der Waals surface area contributed by atoms with E-state index in [0.29, 0.717) is 24.9 Å². The second-order valence-corrected chi connectivity index (χ2v) is 4.40. The average Bonchev–Trinajstić information content (AvgIpc) is 2.91. The number of alkyl halides is 3. The maximum Gasteiger partial charge on any atom is 0.416 e. The number of halogens is 3. The predicted molar refractivity (Wildman–Crippen MR) is 67.2 cm³/mol. The first-order valence-corrected chi connectivity index (χ1v) is 6.13. The highest BCUT2D eigenvalue weighted by molar-refractivity contribution is 5.96. The minimum absolute atomic E-state index is 0.154. The summed E-state index contributed by atoms with van der Waals surface area (Å²) in [4.78, 5) is 15.7. The van der Waals surface area contributed by atoms with Crippen LogP contribution in [0.2, 0.25) is 0 Å². The minimum atomic E-state index is -4.37. The Balaban J connectivity index is 1.89. The molecule has 2 rings (SSSR count). The molecular formula is C14H13F3N2O. The van der Waals surface area contributed by atoms with Crippen LogP contribution in [-0.4, -0.2) is 15.3 Å². The molecule has 0 saturated carbocycles. The molecular weight excluding hydrogens is 269 g/mol. The number of nitrogens with zero attached hydrogens (tertiary/aromatic N) is 2. The lowest BCUT2D eigenvalue weighted by Crippen LogP contribution is -2.06. The zero-order valence-electron chi connectivity index (χ0n) is 10.6. The summed E-state index contributed by atoms with van der Waals surface area (Å²) in [6, 6.07) is 4.32. The zero-order valence-corrected chi connectivity index (χ0v) is 10.6. The van der Waals surface area contributed by atoms with E-state index in [4.69, 9.17) is 0 Å². The van der Waals surface area contributed by atoms with Crippen molar-refractivity contribution in [2.45, 2.75) is 25.6 Å². The molecule has 0 aliphatic heterocycles. The Morgan fingerprint density at radius 1 is 1.20 bits per heavy atom. The van der Waals surface area contributed by atoms with Crippen LogP contribution in [0.15, 0.2) is 43.0 Å². The largest absolute Gasteiger partial charge is 0.416 e. The number of imidazole rings is 1. The molecule has 20 heavy (non-hydrogen) atoms. The number of ketones is 1. The normalized spacial score (nSPS) is 11.6. The number of hydrogen-bond acceptors (Lipinski definition) is 2. The molecule has 3 nitrogen and oxygen atoms in total. The lowest BCUT2D eigenvalue weighted by Gasteiger charge is -2.07. The first-order chi connectivity index (χ1) is 9.47. The molecule has 0 spiro atoms. The Kier molecular flexibility index (Phi) is 4.22. The van der Waals surface area contributed by atoms with E-state index in [0.717, 1.165) is 12.1 Å². The van der Waals surface area contributed by atoms with Gasteiger partial charge in [-0.1, -0.05) is 12.1 Å². The second kappa shape index (κ2) is 5.90. The molecule has 1 aromatic carbocycles. The summed E-state index contributed by atoms with van der Waals surface area (Å²) in [5.74, 6) is -0.154. The maximum atomic E-state index is 12.4. The molecule has 0 saturated heterocycles. The molecule has 0 aliphatic carbocycles. The summed E-state index contributed by atoms with van der Waals surface area (Å²) in [6.07, 6.45) is 1.64. The molecule has 0 aliphatic rings. The first kappa shape index (κ1) is 14.3. The number of benzene rings is 1. The molecule has 0 radical (unpaired) electrons. The van der Waals surface area contributed by atoms with Crippen LogP contribution >= 0.6 is 0 Å². The van der Waals surface area contributed by atoms with Crippen molar-refractivity contribution in [3.63, 3.8) is 0 Å². The zero-order chi connectivity index (χ0) is 14.6. The van der Waals surface area contributed by atoms with Gasteiger partial charge in [0.15, 0.2) is 5.78 Å². The van der Waals surface area contributed by atoms with Gasteiger partial charge in [-0.2, -0.15) is 13.2 Å². The Labute approximate surface area is 114 Å². The summed E-state index contributed by atoms with van der Waals surface area (Å²) in [6.45, 7) is 0.659. The third-order valence-electron chi connectivity index (χ3n) is 2.91. The van der Waals surface area contributed by atoms with E-state index in [1.807, 2.05) is 4.57 Å². The van der Waals surface area contributed by atoms with E-state index in [1.165, 1.54) is 12.1 Å². The van der Waals surface area contributed by atoms with Gasteiger partial charge in [-0.15, -0.1) is 0 Å². The van der Waals surface area contributed by atoms with Crippen LogP contribution in [0.4, 0.5) is 13.2 Å². The summed E-state index contributed by atoms with van der Waals surface area (Å²) in [7, 11) is 0. The van der Waals surface area contributed by atoms with E-state index in [-0.39, 0.29) is 5.78 Å². The Bertz CT molecular complexity index is 559. The number of carbonyl (C=O) groups excluding carboxylic acids is 1. The predicted octanol–water partition coefficient (Wildman–Crippen LogP) is 3.57. The topological polar surface area (TPSA) is 34.9 Å². The molecule has 0 unspecified atom stereocenters. The van der Waals surface area contributed by atoms with Crippen molar-refractivity contribution >= 4 is 5.78 Å². The number of carbonyl (C=O) groups is 1. The van der Waals surface area contributed by atoms with Crippen LogP contribution in [0.3, 0.4) is 0 Å². The summed E-state index contributed by atoms with van der Waals surface area (Å²) in [5, 5.41) is 0. The van der Waals surface area contributed by atoms with Gasteiger partial charge in [0.25, 0.3) is 0 Å². The molecule has 0 amide bonds. The quantitative estimate of drug-likeness (QED) is 0.786. The van der Waals surface area contributed by atoms with Crippen LogP contribution in [0, 0.1) is 0 Å². The number of Topliss-reactive ketones (excluding diaryl/α,β-unsaturated/α-hetero) is 1. The van der Waals surface area contributed by atoms with Crippen molar-refractivity contribution in [3.05, 3.63) is 54.1 Å². The standard InChI is InChI=1S/C14H13F3N2O/c15-14(16,17)12-5-3-11(4-6-12)13(20)2-1-8-19-9-7-18-10-19/h3-7,9-10H,1-2,8H2. The summed E-state index contributed by atoms with van der Waals surface area (Å²) < 4.78 is 39.0. The minimum Gasteiger partial charge on any atom is -0.337 e. The van der Waals surface area contributed by atoms with Crippen molar-refractivity contribution < 1.29 is 18.0 Å². The highest BCUT2D eigenvalue weighted by Crippen LogP contribution is 2.29. The van der Waals surface area contributed by atoms with Crippen molar-refractivity contribution in [2.75, 3.05) is 0 Å². The maximum absolute atomic E-state index is 12.4. The van der Waals surface area contributed by atoms with Crippen LogP contribution in [0.25, 0.3) is 0 Å². The van der Waals surface area contributed by atoms with Crippen molar-refractivity contribution in [1.82, 2.24) is 9.55 Å². The van der Waals surface area contributed by atoms with E-state index in [1.54, 1.807) is 18.7 Å². The van der Waals surface area contributed by atoms with Crippen molar-refractivity contribution in [3.8, 4) is 0 Å². The third kappa shape index (κ3) is 3.69. The Hall–Kier alpha value is -2.11. The Morgan fingerprint density at radius 2 is 1.90 bits per heavy atom. The van der Waals surface area contributed by atoms with E-state index < -0.39 is 11.7 Å². The second-order valence-electron chi connectivity index (χ2n) is 4.40. The fraction of sp³-hybridized carbons (Fsp3) is 0.286. The molecule has 2 aromatic rings. The van der Waals surface area contributed by atoms with Gasteiger partial charge < -0.3 is 4.57 Å². The molecule has 1 heterocycles. The van der Waals surface area contributed by atoms with Crippen LogP contribution in [0.1, 0.15) is 28.8 Å². The van der Waals surface area contributed by atoms with Crippen LogP contribution < -0.4 is 0 Å². The fourth-order valence-electron chi connectivity index (χ4n) is 1.83. The Morgan fingerprint density at radius 3 is 2.45 bits per heavy atom. The molecule has 0 bridgehead atoms. The molecule has 1 aromatic heterocycles. The third-order valence-corrected chi connectivity index (χ3v) is 2.91. The highest BCUT2D eigenvalue weighted by atomic mass is 19.4. The van der Waals surface area contributed by atoms with Crippen LogP contribution in [0.5, 0.6) is 0 Å². The average molecular weight is 282 g/mol. The molecule has 106 valence electrons. The van der Waals surface area contributed by atoms with E-state index in [2.05, 4.69) is 4.98 Å². The molecule has 0 atom stereocenters. The lowest BCUT2D eigenvalue weighted by atomic mass is 10.0. The highest BCUT2D eigenvalue weighted by Gasteiger charge is 2.30. The van der Waals surface area contributed by atoms with Crippen LogP contribution in [-0.2, 0) is 12.7 Å². The van der Waals surface area contributed by atoms with Gasteiger partial charge in [-0.3, -0.25) is 4.79 Å². The van der Waals surface area contributed by atoms with E-state index >= 15 is 0 Å². The monoisotopic (exact) mass is 282 g/mol. The van der Waals surface area contributed by atoms with Gasteiger partial charge >= 0.3 is 6.18 Å². The molecule has 0 fully saturated rings. The summed E-state index contributed by atoms with van der Waals surface area (Å²) >= 11 is 0. The number of aryl methyl sites for hydroxylation is 1. The van der Waals surface area contributed by atoms with Crippen molar-refractivity contribution in [1.29, 1.82) is 0 Å². The van der Waals surface area contributed by atoms with Crippen molar-refractivity contribution in [2.24, 2.45) is 0 Å². The smallest absolute Gasteiger partial charge is 0.337 e. The SMILES string of the molecule is O=C(CCCn1ccnc1)c1ccc(C(F)(F)F)cc1. The number of aromatic nitrogens is 2. The first-order valence-electron chi connectivity index (χ1n) is 6.13. The van der Waals surface area contributed by atoms with Gasteiger partial charge in [0.2, 0.25) is 0 Å². The van der Waals surface area contributed by atoms with Gasteiger partial charge in [0.1, 0.15) is 0 Å². The fourth-order valence-corrected chi connectivity index (χ4v) is 1.83. The molecule has 6 heteroatoms. The summed E-state index contributed by atoms with van der Waals surface area (Å²) in [5.41, 5.74) is -0.434.